The Morgan fingerprint density at radius 3 is 2.26 bits per heavy atom. The molecular formula is C25H33NO. The lowest BCUT2D eigenvalue weighted by Crippen LogP contribution is -2.31. The van der Waals surface area contributed by atoms with Gasteiger partial charge in [-0.1, -0.05) is 79.0 Å². The second-order valence-electron chi connectivity index (χ2n) is 10.5. The maximum Gasteiger partial charge on any atom is 0.233 e. The van der Waals surface area contributed by atoms with Gasteiger partial charge in [-0.3, -0.25) is 0 Å². The lowest BCUT2D eigenvalue weighted by atomic mass is 9.71. The molecule has 1 aromatic carbocycles. The highest BCUT2D eigenvalue weighted by Gasteiger charge is 2.41. The largest absolute Gasteiger partial charge is 0.307 e. The molecule has 0 amide bonds. The van der Waals surface area contributed by atoms with E-state index in [0.29, 0.717) is 5.70 Å². The molecule has 0 N–H and O–H groups in total. The Bertz CT molecular complexity index is 836. The number of hydrogen-bond acceptors (Lipinski definition) is 1. The number of allylic oxidation sites excluding steroid dienone is 2. The van der Waals surface area contributed by atoms with Gasteiger partial charge in [0.25, 0.3) is 0 Å². The van der Waals surface area contributed by atoms with Crippen LogP contribution in [0.5, 0.6) is 0 Å². The first-order valence-corrected chi connectivity index (χ1v) is 10.3. The van der Waals surface area contributed by atoms with Crippen molar-refractivity contribution in [2.45, 2.75) is 90.9 Å². The summed E-state index contributed by atoms with van der Waals surface area (Å²) in [6.45, 7) is 21.0. The fourth-order valence-electron chi connectivity index (χ4n) is 4.78. The molecule has 1 fully saturated rings. The minimum absolute atomic E-state index is 0.0460. The number of rotatable bonds is 2. The van der Waals surface area contributed by atoms with Gasteiger partial charge in [0.05, 0.1) is 6.57 Å². The molecule has 1 saturated carbocycles. The molecule has 2 nitrogen and oxygen atoms in total. The van der Waals surface area contributed by atoms with Gasteiger partial charge in [-0.2, -0.15) is 0 Å². The topological polar surface area (TPSA) is 21.4 Å². The maximum atomic E-state index is 13.4. The van der Waals surface area contributed by atoms with Crippen molar-refractivity contribution in [3.63, 3.8) is 0 Å². The van der Waals surface area contributed by atoms with Gasteiger partial charge in [0.15, 0.2) is 5.78 Å². The molecule has 0 aromatic heterocycles. The number of carbonyl (C=O) groups excluding carboxylic acids is 1. The van der Waals surface area contributed by atoms with E-state index in [1.807, 2.05) is 0 Å². The first kappa shape index (κ1) is 19.9. The summed E-state index contributed by atoms with van der Waals surface area (Å²) >= 11 is 0. The molecule has 0 atom stereocenters. The zero-order valence-electron chi connectivity index (χ0n) is 17.8. The predicted molar refractivity (Wildman–Crippen MR) is 113 cm³/mol. The van der Waals surface area contributed by atoms with Crippen molar-refractivity contribution in [1.29, 1.82) is 0 Å². The molecule has 1 aromatic rings. The normalized spacial score (nSPS) is 22.7. The second kappa shape index (κ2) is 6.62. The summed E-state index contributed by atoms with van der Waals surface area (Å²) in [5.74, 6) is 0.0794. The van der Waals surface area contributed by atoms with E-state index in [1.54, 1.807) is 0 Å². The molecule has 0 radical (unpaired) electrons. The smallest absolute Gasteiger partial charge is 0.233 e. The number of carbonyl (C=O) groups is 1. The average molecular weight is 364 g/mol. The van der Waals surface area contributed by atoms with E-state index < -0.39 is 0 Å². The number of nitrogens with zero attached hydrogens (tertiary/aromatic N) is 1. The number of benzene rings is 1. The molecule has 0 heterocycles. The third-order valence-electron chi connectivity index (χ3n) is 6.68. The van der Waals surface area contributed by atoms with Gasteiger partial charge in [0, 0.05) is 5.41 Å². The fourth-order valence-corrected chi connectivity index (χ4v) is 4.78. The third kappa shape index (κ3) is 3.49. The van der Waals surface area contributed by atoms with Crippen LogP contribution in [-0.4, -0.2) is 5.78 Å². The van der Waals surface area contributed by atoms with E-state index in [-0.39, 0.29) is 22.0 Å². The van der Waals surface area contributed by atoms with E-state index in [4.69, 9.17) is 6.57 Å². The van der Waals surface area contributed by atoms with Crippen LogP contribution in [0.1, 0.15) is 96.8 Å². The molecule has 2 heteroatoms. The monoisotopic (exact) mass is 363 g/mol. The zero-order valence-corrected chi connectivity index (χ0v) is 17.8. The average Bonchev–Trinajstić information content (AvgIpc) is 2.86. The SMILES string of the molecule is [C-]#[N+]/C(C(=O)C1(C)CCCCC1)=C1/CC(C)(C)c2cc(C(C)(C)C)ccc21. The van der Waals surface area contributed by atoms with Crippen LogP contribution >= 0.6 is 0 Å². The number of fused-ring (bicyclic) bond motifs is 1. The zero-order chi connectivity index (χ0) is 20.0. The Balaban J connectivity index is 2.12. The van der Waals surface area contributed by atoms with Crippen molar-refractivity contribution in [2.24, 2.45) is 5.41 Å². The number of hydrogen-bond donors (Lipinski definition) is 0. The first-order chi connectivity index (χ1) is 12.5. The van der Waals surface area contributed by atoms with Gasteiger partial charge in [-0.05, 0) is 52.4 Å². The van der Waals surface area contributed by atoms with Gasteiger partial charge >= 0.3 is 0 Å². The van der Waals surface area contributed by atoms with Crippen molar-refractivity contribution in [1.82, 2.24) is 0 Å². The summed E-state index contributed by atoms with van der Waals surface area (Å²) in [7, 11) is 0. The van der Waals surface area contributed by atoms with Crippen LogP contribution in [0.15, 0.2) is 23.9 Å². The third-order valence-corrected chi connectivity index (χ3v) is 6.68. The minimum Gasteiger partial charge on any atom is -0.307 e. The molecule has 144 valence electrons. The Labute approximate surface area is 164 Å². The van der Waals surface area contributed by atoms with Crippen LogP contribution in [-0.2, 0) is 15.6 Å². The van der Waals surface area contributed by atoms with Crippen molar-refractivity contribution in [3.8, 4) is 0 Å². The van der Waals surface area contributed by atoms with Crippen molar-refractivity contribution >= 4 is 11.4 Å². The highest BCUT2D eigenvalue weighted by Crippen LogP contribution is 2.49. The van der Waals surface area contributed by atoms with Crippen LogP contribution < -0.4 is 0 Å². The van der Waals surface area contributed by atoms with Gasteiger partial charge in [-0.15, -0.1) is 0 Å². The van der Waals surface area contributed by atoms with E-state index >= 15 is 0 Å². The molecule has 0 saturated heterocycles. The summed E-state index contributed by atoms with van der Waals surface area (Å²) < 4.78 is 0. The molecular weight excluding hydrogens is 330 g/mol. The molecule has 27 heavy (non-hydrogen) atoms. The van der Waals surface area contributed by atoms with E-state index in [1.165, 1.54) is 17.5 Å². The van der Waals surface area contributed by atoms with Gasteiger partial charge in [-0.25, -0.2) is 4.85 Å². The van der Waals surface area contributed by atoms with Crippen molar-refractivity contribution in [3.05, 3.63) is 52.0 Å². The molecule has 0 aliphatic heterocycles. The Hall–Kier alpha value is -1.88. The summed E-state index contributed by atoms with van der Waals surface area (Å²) in [5.41, 5.74) is 4.77. The summed E-state index contributed by atoms with van der Waals surface area (Å²) in [4.78, 5) is 17.2. The van der Waals surface area contributed by atoms with Crippen LogP contribution in [0.4, 0.5) is 0 Å². The maximum absolute atomic E-state index is 13.4. The van der Waals surface area contributed by atoms with Crippen molar-refractivity contribution in [2.75, 3.05) is 0 Å². The summed E-state index contributed by atoms with van der Waals surface area (Å²) in [5, 5.41) is 0. The molecule has 0 bridgehead atoms. The quantitative estimate of drug-likeness (QED) is 0.416. The Morgan fingerprint density at radius 2 is 1.70 bits per heavy atom. The molecule has 0 spiro atoms. The van der Waals surface area contributed by atoms with E-state index in [9.17, 15) is 4.79 Å². The lowest BCUT2D eigenvalue weighted by molar-refractivity contribution is -0.125. The summed E-state index contributed by atoms with van der Waals surface area (Å²) in [6.07, 6.45) is 6.00. The standard InChI is InChI=1S/C25H33NO/c1-23(2,3)17-11-12-18-19(16-24(4,5)20(18)15-17)21(26-7)22(27)25(6)13-9-8-10-14-25/h11-12,15H,8-10,13-14,16H2,1-6H3/b21-19-. The summed E-state index contributed by atoms with van der Waals surface area (Å²) in [6, 6.07) is 6.63. The number of Topliss-reactive ketones (excluding diaryl/α,β-unsaturated/α-hetero) is 1. The second-order valence-corrected chi connectivity index (χ2v) is 10.5. The highest BCUT2D eigenvalue weighted by molar-refractivity contribution is 6.08. The van der Waals surface area contributed by atoms with Gasteiger partial charge in [0.1, 0.15) is 0 Å². The van der Waals surface area contributed by atoms with Crippen LogP contribution in [0.25, 0.3) is 10.4 Å². The minimum atomic E-state index is -0.358. The molecule has 2 aliphatic rings. The van der Waals surface area contributed by atoms with E-state index in [0.717, 1.165) is 43.2 Å². The Morgan fingerprint density at radius 1 is 1.07 bits per heavy atom. The Kier molecular flexibility index (Phi) is 4.87. The first-order valence-electron chi connectivity index (χ1n) is 10.3. The fraction of sp³-hybridized carbons (Fsp3) is 0.600. The predicted octanol–water partition coefficient (Wildman–Crippen LogP) is 6.84. The highest BCUT2D eigenvalue weighted by atomic mass is 16.1. The van der Waals surface area contributed by atoms with Crippen LogP contribution in [0, 0.1) is 12.0 Å². The van der Waals surface area contributed by atoms with Crippen LogP contribution in [0.3, 0.4) is 0 Å². The lowest BCUT2D eigenvalue weighted by Gasteiger charge is -2.32. The molecule has 3 rings (SSSR count). The van der Waals surface area contributed by atoms with Gasteiger partial charge in [0.2, 0.25) is 5.70 Å². The van der Waals surface area contributed by atoms with Crippen LogP contribution in [0.2, 0.25) is 0 Å². The molecule has 2 aliphatic carbocycles. The molecule has 0 unspecified atom stereocenters. The van der Waals surface area contributed by atoms with Gasteiger partial charge < -0.3 is 4.79 Å². The van der Waals surface area contributed by atoms with Crippen molar-refractivity contribution < 1.29 is 4.79 Å². The number of ketones is 1. The van der Waals surface area contributed by atoms with E-state index in [2.05, 4.69) is 64.6 Å².